The molecule has 1 heterocycles. The molecule has 0 unspecified atom stereocenters. The predicted molar refractivity (Wildman–Crippen MR) is 108 cm³/mol. The van der Waals surface area contributed by atoms with E-state index in [9.17, 15) is 14.9 Å². The molecule has 1 amide bonds. The van der Waals surface area contributed by atoms with Crippen molar-refractivity contribution in [3.63, 3.8) is 0 Å². The number of carbonyl (C=O) groups excluding carboxylic acids is 1. The Hall–Kier alpha value is -3.32. The van der Waals surface area contributed by atoms with Gasteiger partial charge in [0.15, 0.2) is 5.13 Å². The molecule has 27 heavy (non-hydrogen) atoms. The van der Waals surface area contributed by atoms with Crippen LogP contribution in [-0.4, -0.2) is 15.8 Å². The number of thiazole rings is 1. The summed E-state index contributed by atoms with van der Waals surface area (Å²) >= 11 is 1.36. The molecule has 0 saturated heterocycles. The van der Waals surface area contributed by atoms with Gasteiger partial charge >= 0.3 is 0 Å². The van der Waals surface area contributed by atoms with Gasteiger partial charge in [0.25, 0.3) is 5.69 Å². The molecular formula is C20H17N3O3S. The molecular weight excluding hydrogens is 362 g/mol. The van der Waals surface area contributed by atoms with Crippen molar-refractivity contribution in [2.75, 3.05) is 5.32 Å². The van der Waals surface area contributed by atoms with Gasteiger partial charge in [-0.3, -0.25) is 20.2 Å². The number of aromatic nitrogens is 1. The Morgan fingerprint density at radius 3 is 2.56 bits per heavy atom. The summed E-state index contributed by atoms with van der Waals surface area (Å²) in [5, 5.41) is 15.8. The molecule has 0 fully saturated rings. The molecule has 0 aliphatic rings. The Kier molecular flexibility index (Phi) is 5.42. The summed E-state index contributed by atoms with van der Waals surface area (Å²) in [6.45, 7) is 4.11. The lowest BCUT2D eigenvalue weighted by Crippen LogP contribution is -2.07. The van der Waals surface area contributed by atoms with E-state index in [2.05, 4.69) is 36.3 Å². The molecule has 3 aromatic rings. The van der Waals surface area contributed by atoms with Gasteiger partial charge in [0.1, 0.15) is 0 Å². The van der Waals surface area contributed by atoms with Crippen LogP contribution >= 0.6 is 11.3 Å². The van der Waals surface area contributed by atoms with Crippen LogP contribution in [0.25, 0.3) is 17.3 Å². The average molecular weight is 379 g/mol. The van der Waals surface area contributed by atoms with E-state index >= 15 is 0 Å². The van der Waals surface area contributed by atoms with E-state index in [0.717, 1.165) is 11.3 Å². The number of benzene rings is 2. The van der Waals surface area contributed by atoms with Gasteiger partial charge in [-0.2, -0.15) is 0 Å². The third kappa shape index (κ3) is 4.65. The number of anilines is 1. The van der Waals surface area contributed by atoms with E-state index in [1.165, 1.54) is 40.7 Å². The van der Waals surface area contributed by atoms with Gasteiger partial charge in [-0.1, -0.05) is 12.1 Å². The van der Waals surface area contributed by atoms with Crippen molar-refractivity contribution >= 4 is 34.1 Å². The minimum absolute atomic E-state index is 0.0123. The van der Waals surface area contributed by atoms with Gasteiger partial charge in [-0.25, -0.2) is 4.98 Å². The molecule has 0 radical (unpaired) electrons. The highest BCUT2D eigenvalue weighted by atomic mass is 32.1. The van der Waals surface area contributed by atoms with Gasteiger partial charge in [0, 0.05) is 29.2 Å². The predicted octanol–water partition coefficient (Wildman–Crippen LogP) is 4.99. The van der Waals surface area contributed by atoms with Crippen LogP contribution in [0.2, 0.25) is 0 Å². The number of nitro benzene ring substituents is 1. The summed E-state index contributed by atoms with van der Waals surface area (Å²) in [7, 11) is 0. The normalized spacial score (nSPS) is 10.9. The van der Waals surface area contributed by atoms with Crippen molar-refractivity contribution in [2.24, 2.45) is 0 Å². The van der Waals surface area contributed by atoms with Crippen molar-refractivity contribution in [2.45, 2.75) is 13.8 Å². The third-order valence-electron chi connectivity index (χ3n) is 4.07. The molecule has 6 nitrogen and oxygen atoms in total. The number of hydrogen-bond donors (Lipinski definition) is 1. The molecule has 136 valence electrons. The second kappa shape index (κ2) is 7.92. The number of amides is 1. The van der Waals surface area contributed by atoms with E-state index in [1.54, 1.807) is 18.2 Å². The van der Waals surface area contributed by atoms with Crippen LogP contribution in [0.5, 0.6) is 0 Å². The number of carbonyl (C=O) groups is 1. The topological polar surface area (TPSA) is 85.1 Å². The number of hydrogen-bond acceptors (Lipinski definition) is 5. The number of nitrogens with zero attached hydrogens (tertiary/aromatic N) is 2. The zero-order valence-electron chi connectivity index (χ0n) is 14.8. The maximum atomic E-state index is 12.1. The monoisotopic (exact) mass is 379 g/mol. The lowest BCUT2D eigenvalue weighted by molar-refractivity contribution is -0.384. The summed E-state index contributed by atoms with van der Waals surface area (Å²) in [6.07, 6.45) is 2.97. The van der Waals surface area contributed by atoms with E-state index in [-0.39, 0.29) is 11.6 Å². The lowest BCUT2D eigenvalue weighted by atomic mass is 10.1. The van der Waals surface area contributed by atoms with Gasteiger partial charge in [-0.15, -0.1) is 11.3 Å². The highest BCUT2D eigenvalue weighted by molar-refractivity contribution is 7.14. The Morgan fingerprint density at radius 2 is 1.89 bits per heavy atom. The zero-order valence-corrected chi connectivity index (χ0v) is 15.6. The zero-order chi connectivity index (χ0) is 19.4. The minimum atomic E-state index is -0.463. The SMILES string of the molecule is Cc1ccc(-c2csc(NC(=O)C=Cc3ccc([N+](=O)[O-])cc3)n2)cc1C. The Balaban J connectivity index is 1.65. The van der Waals surface area contributed by atoms with E-state index < -0.39 is 4.92 Å². The lowest BCUT2D eigenvalue weighted by Gasteiger charge is -2.02. The number of nitrogens with one attached hydrogen (secondary N) is 1. The summed E-state index contributed by atoms with van der Waals surface area (Å²) in [4.78, 5) is 26.7. The second-order valence-electron chi connectivity index (χ2n) is 6.01. The highest BCUT2D eigenvalue weighted by Crippen LogP contribution is 2.26. The number of non-ortho nitro benzene ring substituents is 1. The number of rotatable bonds is 5. The first kappa shape index (κ1) is 18.5. The maximum Gasteiger partial charge on any atom is 0.269 e. The Labute approximate surface area is 160 Å². The Morgan fingerprint density at radius 1 is 1.15 bits per heavy atom. The fraction of sp³-hybridized carbons (Fsp3) is 0.100. The maximum absolute atomic E-state index is 12.1. The summed E-state index contributed by atoms with van der Waals surface area (Å²) in [6, 6.07) is 12.1. The quantitative estimate of drug-likeness (QED) is 0.384. The number of aryl methyl sites for hydroxylation is 2. The first-order valence-electron chi connectivity index (χ1n) is 8.19. The van der Waals surface area contributed by atoms with Crippen LogP contribution in [0.1, 0.15) is 16.7 Å². The fourth-order valence-electron chi connectivity index (χ4n) is 2.39. The smallest absolute Gasteiger partial charge is 0.269 e. The second-order valence-corrected chi connectivity index (χ2v) is 6.87. The molecule has 2 aromatic carbocycles. The fourth-order valence-corrected chi connectivity index (χ4v) is 3.11. The average Bonchev–Trinajstić information content (AvgIpc) is 3.11. The minimum Gasteiger partial charge on any atom is -0.298 e. The molecule has 0 atom stereocenters. The van der Waals surface area contributed by atoms with Gasteiger partial charge in [0.05, 0.1) is 10.6 Å². The third-order valence-corrected chi connectivity index (χ3v) is 4.83. The van der Waals surface area contributed by atoms with E-state index in [0.29, 0.717) is 10.7 Å². The standard InChI is InChI=1S/C20H17N3O3S/c1-13-3-7-16(11-14(13)2)18-12-27-20(21-18)22-19(24)10-6-15-4-8-17(9-5-15)23(25)26/h3-12H,1-2H3,(H,21,22,24). The largest absolute Gasteiger partial charge is 0.298 e. The van der Waals surface area contributed by atoms with Crippen molar-refractivity contribution in [1.29, 1.82) is 0 Å². The Bertz CT molecular complexity index is 1020. The van der Waals surface area contributed by atoms with Gasteiger partial charge in [-0.05, 0) is 54.8 Å². The van der Waals surface area contributed by atoms with E-state index in [4.69, 9.17) is 0 Å². The molecule has 7 heteroatoms. The molecule has 0 aliphatic carbocycles. The summed E-state index contributed by atoms with van der Waals surface area (Å²) in [5.41, 5.74) is 4.95. The summed E-state index contributed by atoms with van der Waals surface area (Å²) < 4.78 is 0. The van der Waals surface area contributed by atoms with Crippen LogP contribution < -0.4 is 5.32 Å². The first-order chi connectivity index (χ1) is 12.9. The molecule has 0 aliphatic heterocycles. The molecule has 1 aromatic heterocycles. The van der Waals surface area contributed by atoms with Crippen molar-refractivity contribution in [3.8, 4) is 11.3 Å². The van der Waals surface area contributed by atoms with Crippen molar-refractivity contribution in [3.05, 3.63) is 80.7 Å². The van der Waals surface area contributed by atoms with Crippen LogP contribution in [-0.2, 0) is 4.79 Å². The van der Waals surface area contributed by atoms with Gasteiger partial charge < -0.3 is 0 Å². The molecule has 0 bridgehead atoms. The van der Waals surface area contributed by atoms with E-state index in [1.807, 2.05) is 11.4 Å². The molecule has 3 rings (SSSR count). The highest BCUT2D eigenvalue weighted by Gasteiger charge is 2.08. The summed E-state index contributed by atoms with van der Waals surface area (Å²) in [5.74, 6) is -0.311. The van der Waals surface area contributed by atoms with Crippen LogP contribution in [0.3, 0.4) is 0 Å². The molecule has 1 N–H and O–H groups in total. The van der Waals surface area contributed by atoms with Crippen LogP contribution in [0, 0.1) is 24.0 Å². The number of nitro groups is 1. The van der Waals surface area contributed by atoms with Crippen molar-refractivity contribution in [1.82, 2.24) is 4.98 Å². The van der Waals surface area contributed by atoms with Crippen LogP contribution in [0.15, 0.2) is 53.9 Å². The molecule has 0 saturated carbocycles. The first-order valence-corrected chi connectivity index (χ1v) is 9.07. The van der Waals surface area contributed by atoms with Gasteiger partial charge in [0.2, 0.25) is 5.91 Å². The van der Waals surface area contributed by atoms with Crippen molar-refractivity contribution < 1.29 is 9.72 Å². The van der Waals surface area contributed by atoms with Crippen LogP contribution in [0.4, 0.5) is 10.8 Å². The molecule has 0 spiro atoms.